The van der Waals surface area contributed by atoms with Crippen LogP contribution in [0.3, 0.4) is 0 Å². The summed E-state index contributed by atoms with van der Waals surface area (Å²) in [5.41, 5.74) is 5.12. The summed E-state index contributed by atoms with van der Waals surface area (Å²) in [5.74, 6) is -1.07. The lowest BCUT2D eigenvalue weighted by molar-refractivity contribution is -0.147. The number of esters is 3. The monoisotopic (exact) mass is 1330 g/mol. The molecule has 0 saturated carbocycles. The summed E-state index contributed by atoms with van der Waals surface area (Å²) in [5, 5.41) is 7.61. The van der Waals surface area contributed by atoms with Crippen molar-refractivity contribution in [3.63, 3.8) is 0 Å². The predicted molar refractivity (Wildman–Crippen MR) is 386 cm³/mol. The number of fused-ring (bicyclic) bond motifs is 3. The van der Waals surface area contributed by atoms with Crippen LogP contribution in [0.5, 0.6) is 0 Å². The zero-order valence-corrected chi connectivity index (χ0v) is 56.8. The predicted octanol–water partition coefficient (Wildman–Crippen LogP) is 11.0. The van der Waals surface area contributed by atoms with Crippen molar-refractivity contribution in [1.29, 1.82) is 0 Å². The third-order valence-corrected chi connectivity index (χ3v) is 21.3. The van der Waals surface area contributed by atoms with Crippen molar-refractivity contribution in [2.24, 2.45) is 0 Å². The Morgan fingerprint density at radius 2 is 0.545 bits per heavy atom. The lowest BCUT2D eigenvalue weighted by Gasteiger charge is -2.43. The van der Waals surface area contributed by atoms with E-state index in [1.165, 1.54) is 70.3 Å². The lowest BCUT2D eigenvalue weighted by atomic mass is 9.85. The Morgan fingerprint density at radius 1 is 0.313 bits per heavy atom. The van der Waals surface area contributed by atoms with Gasteiger partial charge in [0, 0.05) is 76.0 Å². The molecule has 0 atom stereocenters. The Kier molecular flexibility index (Phi) is 20.4. The summed E-state index contributed by atoms with van der Waals surface area (Å²) in [6.07, 6.45) is 4.35. The van der Waals surface area contributed by atoms with E-state index in [-0.39, 0.29) is 55.3 Å². The van der Waals surface area contributed by atoms with Crippen molar-refractivity contribution in [2.75, 3.05) is 115 Å². The number of benzene rings is 9. The molecule has 0 aliphatic carbocycles. The van der Waals surface area contributed by atoms with E-state index in [1.54, 1.807) is 14.7 Å². The zero-order chi connectivity index (χ0) is 68.5. The molecular weight excluding hydrogens is 1240 g/mol. The molecule has 99 heavy (non-hydrogen) atoms. The molecule has 0 radical (unpaired) electrons. The highest BCUT2D eigenvalue weighted by molar-refractivity contribution is 5.98. The standard InChI is InChI=1S/3C27H29N3O3/c3*1-33-25(31)19-29-20-30(23-11-3-2-4-12-23)27(26(29)32)14-16-28(17-15-27)18-22-10-7-9-21-8-5-6-13-24(21)22/h3*2-13H,14-20H2,1H3. The molecule has 0 N–H and O–H groups in total. The van der Waals surface area contributed by atoms with Crippen LogP contribution in [0.1, 0.15) is 55.2 Å². The molecular formula is C81H87N9O9. The van der Waals surface area contributed by atoms with Crippen LogP contribution >= 0.6 is 0 Å². The lowest BCUT2D eigenvalue weighted by Crippen LogP contribution is -2.56. The quantitative estimate of drug-likeness (QED) is 0.0704. The maximum Gasteiger partial charge on any atom is 0.325 e. The molecule has 0 unspecified atom stereocenters. The van der Waals surface area contributed by atoms with Gasteiger partial charge in [-0.25, -0.2) is 0 Å². The Labute approximate surface area is 579 Å². The molecule has 6 fully saturated rings. The summed E-state index contributed by atoms with van der Waals surface area (Å²) in [6, 6.07) is 75.0. The van der Waals surface area contributed by atoms with E-state index in [4.69, 9.17) is 14.2 Å². The Hall–Kier alpha value is -10.1. The minimum absolute atomic E-state index is 0.0138. The molecule has 18 nitrogen and oxygen atoms in total. The Bertz CT molecular complexity index is 3890. The van der Waals surface area contributed by atoms with E-state index in [0.29, 0.717) is 20.0 Å². The van der Waals surface area contributed by atoms with Gasteiger partial charge in [-0.1, -0.05) is 182 Å². The van der Waals surface area contributed by atoms with Crippen molar-refractivity contribution < 1.29 is 43.0 Å². The molecule has 0 bridgehead atoms. The Balaban J connectivity index is 0.000000133. The van der Waals surface area contributed by atoms with Crippen LogP contribution in [0, 0.1) is 0 Å². The molecule has 18 heteroatoms. The molecule has 6 aliphatic heterocycles. The molecule has 15 rings (SSSR count). The van der Waals surface area contributed by atoms with Gasteiger partial charge in [0.15, 0.2) is 0 Å². The summed E-state index contributed by atoms with van der Waals surface area (Å²) < 4.78 is 14.5. The van der Waals surface area contributed by atoms with Crippen LogP contribution in [-0.4, -0.2) is 182 Å². The normalized spacial score (nSPS) is 18.3. The number of carbonyl (C=O) groups excluding carboxylic acids is 6. The highest BCUT2D eigenvalue weighted by atomic mass is 16.5. The number of rotatable bonds is 15. The summed E-state index contributed by atoms with van der Waals surface area (Å²) in [6.45, 7) is 8.71. The first kappa shape index (κ1) is 67.4. The van der Waals surface area contributed by atoms with E-state index in [0.717, 1.165) is 114 Å². The number of nitrogens with zero attached hydrogens (tertiary/aromatic N) is 9. The summed E-state index contributed by atoms with van der Waals surface area (Å²) in [7, 11) is 4.08. The number of hydrogen-bond donors (Lipinski definition) is 0. The molecule has 6 aliphatic rings. The summed E-state index contributed by atoms with van der Waals surface area (Å²) >= 11 is 0. The number of para-hydroxylation sites is 3. The van der Waals surface area contributed by atoms with Gasteiger partial charge in [-0.3, -0.25) is 43.5 Å². The molecule has 510 valence electrons. The average Bonchev–Trinajstić information content (AvgIpc) is 1.62. The smallest absolute Gasteiger partial charge is 0.325 e. The minimum Gasteiger partial charge on any atom is -0.468 e. The number of carbonyl (C=O) groups is 6. The first-order valence-electron chi connectivity index (χ1n) is 34.5. The largest absolute Gasteiger partial charge is 0.468 e. The van der Waals surface area contributed by atoms with Crippen LogP contribution in [0.2, 0.25) is 0 Å². The number of likely N-dealkylation sites (tertiary alicyclic amines) is 3. The topological polar surface area (TPSA) is 159 Å². The van der Waals surface area contributed by atoms with Crippen LogP contribution in [0.4, 0.5) is 17.1 Å². The van der Waals surface area contributed by atoms with Gasteiger partial charge in [0.25, 0.3) is 17.7 Å². The molecule has 3 spiro atoms. The van der Waals surface area contributed by atoms with Crippen molar-refractivity contribution in [2.45, 2.75) is 74.8 Å². The molecule has 6 heterocycles. The van der Waals surface area contributed by atoms with E-state index < -0.39 is 16.6 Å². The average molecular weight is 1330 g/mol. The van der Waals surface area contributed by atoms with Crippen LogP contribution < -0.4 is 14.7 Å². The second-order valence-electron chi connectivity index (χ2n) is 26.8. The summed E-state index contributed by atoms with van der Waals surface area (Å²) in [4.78, 5) is 95.5. The van der Waals surface area contributed by atoms with Crippen LogP contribution in [-0.2, 0) is 62.6 Å². The van der Waals surface area contributed by atoms with E-state index in [1.807, 2.05) is 91.0 Å². The fourth-order valence-corrected chi connectivity index (χ4v) is 15.9. The minimum atomic E-state index is -0.620. The van der Waals surface area contributed by atoms with Gasteiger partial charge in [0.05, 0.1) is 41.3 Å². The third-order valence-electron chi connectivity index (χ3n) is 21.3. The first-order chi connectivity index (χ1) is 48.3. The maximum absolute atomic E-state index is 13.6. The third kappa shape index (κ3) is 14.0. The second-order valence-corrected chi connectivity index (χ2v) is 26.8. The van der Waals surface area contributed by atoms with Gasteiger partial charge >= 0.3 is 17.9 Å². The molecule has 3 amide bonds. The number of amides is 3. The SMILES string of the molecule is COC(=O)CN1CN(c2ccccc2)C2(CCN(Cc3cccc4ccccc34)CC2)C1=O.COC(=O)CN1CN(c2ccccc2)C2(CCN(Cc3cccc4ccccc34)CC2)C1=O.COC(=O)CN1CN(c2ccccc2)C2(CCN(Cc3cccc4ccccc34)CC2)C1=O. The Morgan fingerprint density at radius 3 is 0.798 bits per heavy atom. The van der Waals surface area contributed by atoms with Crippen LogP contribution in [0.25, 0.3) is 32.3 Å². The fourth-order valence-electron chi connectivity index (χ4n) is 15.9. The van der Waals surface area contributed by atoms with Crippen molar-refractivity contribution in [3.05, 3.63) is 235 Å². The van der Waals surface area contributed by atoms with E-state index >= 15 is 0 Å². The van der Waals surface area contributed by atoms with Gasteiger partial charge < -0.3 is 43.6 Å². The van der Waals surface area contributed by atoms with Crippen molar-refractivity contribution in [3.8, 4) is 0 Å². The second kappa shape index (κ2) is 29.9. The number of anilines is 3. The highest BCUT2D eigenvalue weighted by Gasteiger charge is 2.57. The molecule has 9 aromatic carbocycles. The zero-order valence-electron chi connectivity index (χ0n) is 56.8. The van der Waals surface area contributed by atoms with Crippen molar-refractivity contribution in [1.82, 2.24) is 29.4 Å². The molecule has 0 aromatic heterocycles. The maximum atomic E-state index is 13.6. The number of methoxy groups -OCH3 is 3. The number of piperidine rings is 3. The van der Waals surface area contributed by atoms with Crippen LogP contribution in [0.15, 0.2) is 218 Å². The van der Waals surface area contributed by atoms with Gasteiger partial charge in [-0.2, -0.15) is 0 Å². The van der Waals surface area contributed by atoms with E-state index in [2.05, 4.69) is 157 Å². The fraction of sp³-hybridized carbons (Fsp3) is 0.333. The first-order valence-corrected chi connectivity index (χ1v) is 34.5. The molecule has 6 saturated heterocycles. The van der Waals surface area contributed by atoms with Gasteiger partial charge in [0.2, 0.25) is 0 Å². The van der Waals surface area contributed by atoms with Gasteiger partial charge in [0.1, 0.15) is 36.3 Å². The molecule has 9 aromatic rings. The van der Waals surface area contributed by atoms with Gasteiger partial charge in [-0.05, 0) is 124 Å². The van der Waals surface area contributed by atoms with E-state index in [9.17, 15) is 28.8 Å². The van der Waals surface area contributed by atoms with Gasteiger partial charge in [-0.15, -0.1) is 0 Å². The highest BCUT2D eigenvalue weighted by Crippen LogP contribution is 2.44. The number of hydrogen-bond acceptors (Lipinski definition) is 15. The van der Waals surface area contributed by atoms with Crippen molar-refractivity contribution >= 4 is 85.0 Å². The number of ether oxygens (including phenoxy) is 3.